The maximum Gasteiger partial charge on any atom is 0.330 e. The lowest BCUT2D eigenvalue weighted by Gasteiger charge is -2.14. The number of esters is 1. The summed E-state index contributed by atoms with van der Waals surface area (Å²) in [7, 11) is 1.15. The second-order valence-corrected chi connectivity index (χ2v) is 5.23. The van der Waals surface area contributed by atoms with Gasteiger partial charge < -0.3 is 25.2 Å². The molecule has 8 nitrogen and oxygen atoms in total. The first-order valence-electron chi connectivity index (χ1n) is 8.00. The Morgan fingerprint density at radius 1 is 1.20 bits per heavy atom. The summed E-state index contributed by atoms with van der Waals surface area (Å²) < 4.78 is 9.94. The van der Waals surface area contributed by atoms with Gasteiger partial charge in [0, 0.05) is 5.56 Å². The first kappa shape index (κ1) is 20.4. The van der Waals surface area contributed by atoms with E-state index in [1.54, 1.807) is 24.3 Å². The number of nitrogens with one attached hydrogen (secondary N) is 2. The van der Waals surface area contributed by atoms with E-state index in [-0.39, 0.29) is 6.54 Å². The number of benzene rings is 1. The zero-order chi connectivity index (χ0) is 18.7. The highest BCUT2D eigenvalue weighted by atomic mass is 16.5. The van der Waals surface area contributed by atoms with E-state index in [4.69, 9.17) is 9.84 Å². The highest BCUT2D eigenvalue weighted by molar-refractivity contribution is 5.97. The van der Waals surface area contributed by atoms with Crippen LogP contribution in [-0.4, -0.2) is 55.8 Å². The van der Waals surface area contributed by atoms with Gasteiger partial charge in [0.15, 0.2) is 6.04 Å². The Labute approximate surface area is 146 Å². The van der Waals surface area contributed by atoms with Crippen LogP contribution in [0.2, 0.25) is 0 Å². The van der Waals surface area contributed by atoms with E-state index >= 15 is 0 Å². The fourth-order valence-electron chi connectivity index (χ4n) is 1.87. The van der Waals surface area contributed by atoms with Crippen LogP contribution in [0.15, 0.2) is 24.3 Å². The predicted molar refractivity (Wildman–Crippen MR) is 90.2 cm³/mol. The Balaban J connectivity index is 2.45. The highest BCUT2D eigenvalue weighted by Gasteiger charge is 2.20. The Bertz CT molecular complexity index is 573. The number of unbranched alkanes of at least 4 members (excludes halogenated alkanes) is 1. The number of aliphatic hydroxyl groups excluding tert-OH is 1. The predicted octanol–water partition coefficient (Wildman–Crippen LogP) is 0.245. The second-order valence-electron chi connectivity index (χ2n) is 5.23. The van der Waals surface area contributed by atoms with E-state index in [1.807, 2.05) is 0 Å². The van der Waals surface area contributed by atoms with Crippen molar-refractivity contribution in [2.24, 2.45) is 0 Å². The lowest BCUT2D eigenvalue weighted by atomic mass is 10.2. The number of amides is 2. The highest BCUT2D eigenvalue weighted by Crippen LogP contribution is 2.12. The molecule has 1 aromatic carbocycles. The fraction of sp³-hybridized carbons (Fsp3) is 0.471. The third-order valence-corrected chi connectivity index (χ3v) is 3.30. The molecule has 2 amide bonds. The van der Waals surface area contributed by atoms with Crippen molar-refractivity contribution in [3.63, 3.8) is 0 Å². The van der Waals surface area contributed by atoms with E-state index in [1.165, 1.54) is 0 Å². The number of aliphatic hydroxyl groups is 1. The minimum absolute atomic E-state index is 0.332. The summed E-state index contributed by atoms with van der Waals surface area (Å²) in [6.45, 7) is 1.77. The van der Waals surface area contributed by atoms with Gasteiger partial charge >= 0.3 is 5.97 Å². The molecule has 0 aromatic heterocycles. The fourth-order valence-corrected chi connectivity index (χ4v) is 1.87. The van der Waals surface area contributed by atoms with Gasteiger partial charge in [-0.25, -0.2) is 4.79 Å². The third-order valence-electron chi connectivity index (χ3n) is 3.30. The zero-order valence-corrected chi connectivity index (χ0v) is 14.4. The summed E-state index contributed by atoms with van der Waals surface area (Å²) in [5, 5.41) is 13.7. The number of ether oxygens (including phenoxy) is 2. The molecule has 0 saturated heterocycles. The van der Waals surface area contributed by atoms with Crippen molar-refractivity contribution in [2.75, 3.05) is 26.9 Å². The van der Waals surface area contributed by atoms with Gasteiger partial charge in [0.1, 0.15) is 5.75 Å². The minimum Gasteiger partial charge on any atom is -0.494 e. The molecule has 0 heterocycles. The van der Waals surface area contributed by atoms with Crippen LogP contribution in [0, 0.1) is 0 Å². The first-order chi connectivity index (χ1) is 12.0. The maximum absolute atomic E-state index is 12.0. The SMILES string of the molecule is CCCCOc1ccc(C(=O)NCC(=O)N[C@H](CO)C(=O)OC)cc1. The minimum atomic E-state index is -1.16. The molecule has 138 valence electrons. The van der Waals surface area contributed by atoms with Crippen LogP contribution in [0.25, 0.3) is 0 Å². The molecule has 1 atom stereocenters. The molecule has 25 heavy (non-hydrogen) atoms. The number of carbonyl (C=O) groups excluding carboxylic acids is 3. The van der Waals surface area contributed by atoms with Crippen molar-refractivity contribution in [3.05, 3.63) is 29.8 Å². The van der Waals surface area contributed by atoms with Crippen LogP contribution in [0.5, 0.6) is 5.75 Å². The van der Waals surface area contributed by atoms with Gasteiger partial charge in [-0.3, -0.25) is 9.59 Å². The van der Waals surface area contributed by atoms with Crippen LogP contribution in [0.1, 0.15) is 30.1 Å². The van der Waals surface area contributed by atoms with Crippen LogP contribution < -0.4 is 15.4 Å². The summed E-state index contributed by atoms with van der Waals surface area (Å²) in [4.78, 5) is 35.0. The molecule has 0 fully saturated rings. The summed E-state index contributed by atoms with van der Waals surface area (Å²) in [5.41, 5.74) is 0.377. The second kappa shape index (κ2) is 11.0. The molecular weight excluding hydrogens is 328 g/mol. The quantitative estimate of drug-likeness (QED) is 0.411. The third kappa shape index (κ3) is 7.21. The summed E-state index contributed by atoms with van der Waals surface area (Å²) >= 11 is 0. The summed E-state index contributed by atoms with van der Waals surface area (Å²) in [5.74, 6) is -1.14. The normalized spacial score (nSPS) is 11.3. The number of hydrogen-bond acceptors (Lipinski definition) is 6. The molecule has 0 saturated carbocycles. The van der Waals surface area contributed by atoms with Crippen molar-refractivity contribution in [3.8, 4) is 5.75 Å². The molecule has 0 unspecified atom stereocenters. The Morgan fingerprint density at radius 3 is 2.44 bits per heavy atom. The molecule has 3 N–H and O–H groups in total. The Hall–Kier alpha value is -2.61. The summed E-state index contributed by atoms with van der Waals surface area (Å²) in [6, 6.07) is 5.40. The van der Waals surface area contributed by atoms with Crippen molar-refractivity contribution in [1.82, 2.24) is 10.6 Å². The molecule has 0 aliphatic heterocycles. The Kier molecular flexibility index (Phi) is 9.02. The molecular formula is C17H24N2O6. The van der Waals surface area contributed by atoms with Gasteiger partial charge in [-0.2, -0.15) is 0 Å². The molecule has 0 spiro atoms. The van der Waals surface area contributed by atoms with Crippen molar-refractivity contribution < 1.29 is 29.0 Å². The number of carbonyl (C=O) groups is 3. The van der Waals surface area contributed by atoms with E-state index in [9.17, 15) is 14.4 Å². The van der Waals surface area contributed by atoms with Crippen molar-refractivity contribution in [2.45, 2.75) is 25.8 Å². The van der Waals surface area contributed by atoms with Gasteiger partial charge in [-0.15, -0.1) is 0 Å². The maximum atomic E-state index is 12.0. The zero-order valence-electron chi connectivity index (χ0n) is 14.4. The molecule has 0 aliphatic carbocycles. The summed E-state index contributed by atoms with van der Waals surface area (Å²) in [6.07, 6.45) is 1.99. The Morgan fingerprint density at radius 2 is 1.88 bits per heavy atom. The number of hydrogen-bond donors (Lipinski definition) is 3. The molecule has 1 rings (SSSR count). The van der Waals surface area contributed by atoms with Crippen molar-refractivity contribution >= 4 is 17.8 Å². The first-order valence-corrected chi connectivity index (χ1v) is 8.00. The van der Waals surface area contributed by atoms with Gasteiger partial charge in [-0.05, 0) is 30.7 Å². The molecule has 0 bridgehead atoms. The molecule has 1 aromatic rings. The molecule has 0 aliphatic rings. The van der Waals surface area contributed by atoms with Crippen LogP contribution in [-0.2, 0) is 14.3 Å². The lowest BCUT2D eigenvalue weighted by molar-refractivity contribution is -0.146. The van der Waals surface area contributed by atoms with Gasteiger partial charge in [-0.1, -0.05) is 13.3 Å². The van der Waals surface area contributed by atoms with Crippen LogP contribution >= 0.6 is 0 Å². The monoisotopic (exact) mass is 352 g/mol. The molecule has 0 radical (unpaired) electrons. The average Bonchev–Trinajstić information content (AvgIpc) is 2.64. The van der Waals surface area contributed by atoms with E-state index in [0.717, 1.165) is 20.0 Å². The number of methoxy groups -OCH3 is 1. The largest absolute Gasteiger partial charge is 0.494 e. The van der Waals surface area contributed by atoms with Crippen molar-refractivity contribution in [1.29, 1.82) is 0 Å². The van der Waals surface area contributed by atoms with Gasteiger partial charge in [0.2, 0.25) is 5.91 Å². The van der Waals surface area contributed by atoms with Gasteiger partial charge in [0.25, 0.3) is 5.91 Å². The van der Waals surface area contributed by atoms with Crippen LogP contribution in [0.4, 0.5) is 0 Å². The van der Waals surface area contributed by atoms with E-state index < -0.39 is 30.4 Å². The van der Waals surface area contributed by atoms with Crippen LogP contribution in [0.3, 0.4) is 0 Å². The number of rotatable bonds is 10. The lowest BCUT2D eigenvalue weighted by Crippen LogP contribution is -2.47. The van der Waals surface area contributed by atoms with E-state index in [0.29, 0.717) is 17.9 Å². The topological polar surface area (TPSA) is 114 Å². The van der Waals surface area contributed by atoms with Gasteiger partial charge in [0.05, 0.1) is 26.9 Å². The standard InChI is InChI=1S/C17H24N2O6/c1-3-4-9-25-13-7-5-12(6-8-13)16(22)18-10-15(21)19-14(11-20)17(23)24-2/h5-8,14,20H,3-4,9-11H2,1-2H3,(H,18,22)(H,19,21)/t14-/m1/s1. The smallest absolute Gasteiger partial charge is 0.330 e. The average molecular weight is 352 g/mol. The van der Waals surface area contributed by atoms with E-state index in [2.05, 4.69) is 22.3 Å². The molecule has 8 heteroatoms.